The lowest BCUT2D eigenvalue weighted by molar-refractivity contribution is -0.122. The average molecular weight is 546 g/mol. The van der Waals surface area contributed by atoms with Gasteiger partial charge < -0.3 is 15.5 Å². The molecule has 1 saturated heterocycles. The van der Waals surface area contributed by atoms with Crippen molar-refractivity contribution in [2.24, 2.45) is 5.92 Å². The van der Waals surface area contributed by atoms with Gasteiger partial charge in [-0.3, -0.25) is 9.59 Å². The molecule has 2 aromatic carbocycles. The third-order valence-electron chi connectivity index (χ3n) is 5.92. The Balaban J connectivity index is 1.18. The van der Waals surface area contributed by atoms with E-state index in [2.05, 4.69) is 41.9 Å². The van der Waals surface area contributed by atoms with Gasteiger partial charge in [0.2, 0.25) is 11.8 Å². The van der Waals surface area contributed by atoms with E-state index in [1.165, 1.54) is 0 Å². The van der Waals surface area contributed by atoms with E-state index in [1.54, 1.807) is 21.7 Å². The number of benzene rings is 2. The van der Waals surface area contributed by atoms with Gasteiger partial charge >= 0.3 is 0 Å². The molecule has 1 fully saturated rings. The molecule has 0 saturated carbocycles. The molecule has 3 heterocycles. The maximum absolute atomic E-state index is 12.8. The van der Waals surface area contributed by atoms with Crippen LogP contribution in [0.4, 0.5) is 22.9 Å². The molecule has 182 valence electrons. The maximum atomic E-state index is 12.8. The Kier molecular flexibility index (Phi) is 6.51. The summed E-state index contributed by atoms with van der Waals surface area (Å²) in [4.78, 5) is 27.0. The van der Waals surface area contributed by atoms with Gasteiger partial charge in [-0.25, -0.2) is 4.68 Å². The van der Waals surface area contributed by atoms with E-state index < -0.39 is 5.92 Å². The van der Waals surface area contributed by atoms with Gasteiger partial charge in [0.15, 0.2) is 11.6 Å². The molecule has 5 rings (SSSR count). The molecule has 1 aliphatic rings. The van der Waals surface area contributed by atoms with Crippen LogP contribution in [0.3, 0.4) is 0 Å². The fourth-order valence-corrected chi connectivity index (χ4v) is 4.56. The van der Waals surface area contributed by atoms with Gasteiger partial charge in [-0.05, 0) is 74.5 Å². The number of nitrogens with zero attached hydrogens (tertiary/aromatic N) is 5. The number of hydrogen-bond acceptors (Lipinski definition) is 6. The molecule has 1 aliphatic heterocycles. The molecule has 9 nitrogen and oxygen atoms in total. The summed E-state index contributed by atoms with van der Waals surface area (Å²) in [5, 5.41) is 19.0. The van der Waals surface area contributed by atoms with Crippen LogP contribution in [0.2, 0.25) is 0 Å². The summed E-state index contributed by atoms with van der Waals surface area (Å²) in [6, 6.07) is 20.5. The first-order valence-corrected chi connectivity index (χ1v) is 12.3. The molecule has 1 unspecified atom stereocenters. The van der Waals surface area contributed by atoms with Crippen LogP contribution in [-0.4, -0.2) is 38.3 Å². The van der Waals surface area contributed by atoms with E-state index in [0.29, 0.717) is 23.9 Å². The first-order chi connectivity index (χ1) is 17.4. The van der Waals surface area contributed by atoms with Crippen molar-refractivity contribution >= 4 is 50.6 Å². The molecule has 0 radical (unpaired) electrons. The summed E-state index contributed by atoms with van der Waals surface area (Å²) in [6.07, 6.45) is 0.185. The number of aryl methyl sites for hydroxylation is 2. The van der Waals surface area contributed by atoms with Crippen LogP contribution < -0.4 is 15.5 Å². The minimum atomic E-state index is -0.412. The van der Waals surface area contributed by atoms with Crippen molar-refractivity contribution in [2.45, 2.75) is 20.3 Å². The van der Waals surface area contributed by atoms with Crippen molar-refractivity contribution < 1.29 is 9.59 Å². The lowest BCUT2D eigenvalue weighted by Crippen LogP contribution is -2.28. The Morgan fingerprint density at radius 3 is 2.44 bits per heavy atom. The maximum Gasteiger partial charge on any atom is 0.229 e. The van der Waals surface area contributed by atoms with Gasteiger partial charge in [0.25, 0.3) is 0 Å². The Bertz CT molecular complexity index is 1420. The van der Waals surface area contributed by atoms with E-state index in [0.717, 1.165) is 27.2 Å². The molecule has 10 heteroatoms. The van der Waals surface area contributed by atoms with Gasteiger partial charge in [-0.1, -0.05) is 22.0 Å². The quantitative estimate of drug-likeness (QED) is 0.361. The molecular formula is C26H24BrN7O2. The molecule has 36 heavy (non-hydrogen) atoms. The van der Waals surface area contributed by atoms with Crippen LogP contribution in [0, 0.1) is 19.8 Å². The number of nitrogens with one attached hydrogen (secondary N) is 2. The largest absolute Gasteiger partial charge is 0.339 e. The average Bonchev–Trinajstić information content (AvgIpc) is 3.42. The standard InChI is InChI=1S/C26H24BrN7O2/c1-16-12-17(2)34(32-16)24-11-10-23(30-31-24)28-20-6-8-21(9-7-20)29-26(36)18-13-25(35)33(15-18)22-5-3-4-19(27)14-22/h3-12,14,18H,13,15H2,1-2H3,(H,28,30)(H,29,36). The monoisotopic (exact) mass is 545 g/mol. The van der Waals surface area contributed by atoms with Crippen molar-refractivity contribution in [3.63, 3.8) is 0 Å². The fourth-order valence-electron chi connectivity index (χ4n) is 4.17. The number of aromatic nitrogens is 4. The molecule has 2 amide bonds. The zero-order valence-corrected chi connectivity index (χ0v) is 21.4. The SMILES string of the molecule is Cc1cc(C)n(-c2ccc(Nc3ccc(NC(=O)C4CC(=O)N(c5cccc(Br)c5)C4)cc3)nn2)n1. The number of carbonyl (C=O) groups excluding carboxylic acids is 2. The molecule has 0 bridgehead atoms. The summed E-state index contributed by atoms with van der Waals surface area (Å²) < 4.78 is 2.64. The number of hydrogen-bond donors (Lipinski definition) is 2. The highest BCUT2D eigenvalue weighted by Crippen LogP contribution is 2.28. The smallest absolute Gasteiger partial charge is 0.229 e. The second kappa shape index (κ2) is 9.90. The Morgan fingerprint density at radius 1 is 1.00 bits per heavy atom. The van der Waals surface area contributed by atoms with E-state index in [4.69, 9.17) is 0 Å². The van der Waals surface area contributed by atoms with Crippen molar-refractivity contribution in [2.75, 3.05) is 22.1 Å². The van der Waals surface area contributed by atoms with Crippen molar-refractivity contribution in [1.29, 1.82) is 0 Å². The zero-order valence-electron chi connectivity index (χ0n) is 19.8. The molecule has 0 aliphatic carbocycles. The second-order valence-electron chi connectivity index (χ2n) is 8.69. The van der Waals surface area contributed by atoms with E-state index >= 15 is 0 Å². The van der Waals surface area contributed by atoms with E-state index in [9.17, 15) is 9.59 Å². The van der Waals surface area contributed by atoms with Gasteiger partial charge in [0.1, 0.15) is 0 Å². The van der Waals surface area contributed by atoms with Crippen molar-refractivity contribution in [3.8, 4) is 5.82 Å². The first-order valence-electron chi connectivity index (χ1n) is 11.5. The number of anilines is 4. The van der Waals surface area contributed by atoms with E-state index in [-0.39, 0.29) is 18.2 Å². The highest BCUT2D eigenvalue weighted by atomic mass is 79.9. The number of halogens is 1. The Morgan fingerprint density at radius 2 is 1.78 bits per heavy atom. The fraction of sp³-hybridized carbons (Fsp3) is 0.192. The summed E-state index contributed by atoms with van der Waals surface area (Å²) in [7, 11) is 0. The molecule has 0 spiro atoms. The number of amides is 2. The van der Waals surface area contributed by atoms with E-state index in [1.807, 2.05) is 68.4 Å². The highest BCUT2D eigenvalue weighted by Gasteiger charge is 2.35. The van der Waals surface area contributed by atoms with Crippen LogP contribution >= 0.6 is 15.9 Å². The number of carbonyl (C=O) groups is 2. The second-order valence-corrected chi connectivity index (χ2v) is 9.61. The molecule has 2 N–H and O–H groups in total. The Hall–Kier alpha value is -4.05. The minimum absolute atomic E-state index is 0.0576. The normalized spacial score (nSPS) is 15.2. The first kappa shape index (κ1) is 23.7. The molecular weight excluding hydrogens is 522 g/mol. The Labute approximate surface area is 216 Å². The molecule has 1 atom stereocenters. The van der Waals surface area contributed by atoms with Crippen LogP contribution in [0.1, 0.15) is 17.8 Å². The summed E-state index contributed by atoms with van der Waals surface area (Å²) in [5.41, 5.74) is 4.15. The lowest BCUT2D eigenvalue weighted by atomic mass is 10.1. The zero-order chi connectivity index (χ0) is 25.2. The lowest BCUT2D eigenvalue weighted by Gasteiger charge is -2.17. The number of rotatable bonds is 6. The minimum Gasteiger partial charge on any atom is -0.339 e. The summed E-state index contributed by atoms with van der Waals surface area (Å²) >= 11 is 3.43. The van der Waals surface area contributed by atoms with Crippen LogP contribution in [-0.2, 0) is 9.59 Å². The highest BCUT2D eigenvalue weighted by molar-refractivity contribution is 9.10. The van der Waals surface area contributed by atoms with Crippen molar-refractivity contribution in [1.82, 2.24) is 20.0 Å². The van der Waals surface area contributed by atoms with Gasteiger partial charge in [0, 0.05) is 40.2 Å². The molecule has 4 aromatic rings. The third-order valence-corrected chi connectivity index (χ3v) is 6.41. The van der Waals surface area contributed by atoms with Gasteiger partial charge in [0.05, 0.1) is 11.6 Å². The predicted molar refractivity (Wildman–Crippen MR) is 142 cm³/mol. The summed E-state index contributed by atoms with van der Waals surface area (Å²) in [5.74, 6) is 0.595. The van der Waals surface area contributed by atoms with Gasteiger partial charge in [-0.15, -0.1) is 10.2 Å². The van der Waals surface area contributed by atoms with Crippen LogP contribution in [0.5, 0.6) is 0 Å². The topological polar surface area (TPSA) is 105 Å². The van der Waals surface area contributed by atoms with Crippen LogP contribution in [0.15, 0.2) is 71.2 Å². The van der Waals surface area contributed by atoms with Gasteiger partial charge in [-0.2, -0.15) is 5.10 Å². The predicted octanol–water partition coefficient (Wildman–Crippen LogP) is 4.78. The third kappa shape index (κ3) is 5.13. The van der Waals surface area contributed by atoms with Crippen LogP contribution in [0.25, 0.3) is 5.82 Å². The molecule has 2 aromatic heterocycles. The summed E-state index contributed by atoms with van der Waals surface area (Å²) in [6.45, 7) is 4.26. The van der Waals surface area contributed by atoms with Crippen molar-refractivity contribution in [3.05, 3.63) is 82.6 Å².